The van der Waals surface area contributed by atoms with Gasteiger partial charge in [-0.1, -0.05) is 15.9 Å². The quantitative estimate of drug-likeness (QED) is 0.836. The molecule has 0 aliphatic heterocycles. The number of hydrogen-bond acceptors (Lipinski definition) is 3. The van der Waals surface area contributed by atoms with Gasteiger partial charge >= 0.3 is 0 Å². The summed E-state index contributed by atoms with van der Waals surface area (Å²) < 4.78 is 1.03. The van der Waals surface area contributed by atoms with Crippen LogP contribution in [0.25, 0.3) is 0 Å². The van der Waals surface area contributed by atoms with Gasteiger partial charge in [-0.25, -0.2) is 0 Å². The van der Waals surface area contributed by atoms with Gasteiger partial charge in [0.2, 0.25) is 5.91 Å². The number of anilines is 1. The van der Waals surface area contributed by atoms with Crippen molar-refractivity contribution in [2.24, 2.45) is 5.73 Å². The van der Waals surface area contributed by atoms with Gasteiger partial charge in [0.25, 0.3) is 0 Å². The maximum Gasteiger partial charge on any atom is 0.236 e. The average molecular weight is 300 g/mol. The number of likely N-dealkylation sites (N-methyl/N-ethyl adjacent to an activating group) is 1. The van der Waals surface area contributed by atoms with Crippen LogP contribution in [0, 0.1) is 0 Å². The molecule has 4 nitrogen and oxygen atoms in total. The summed E-state index contributed by atoms with van der Waals surface area (Å²) >= 11 is 3.45. The highest BCUT2D eigenvalue weighted by Gasteiger charge is 2.11. The molecular weight excluding hydrogens is 282 g/mol. The number of halogens is 1. The molecular formula is C12H18BrN3O. The molecule has 0 aliphatic carbocycles. The molecule has 0 aromatic heterocycles. The number of carbonyl (C=O) groups is 1. The van der Waals surface area contributed by atoms with Gasteiger partial charge in [0.15, 0.2) is 0 Å². The Morgan fingerprint density at radius 1 is 1.53 bits per heavy atom. The van der Waals surface area contributed by atoms with Crippen LogP contribution in [-0.2, 0) is 11.3 Å². The van der Waals surface area contributed by atoms with Crippen LogP contribution in [-0.4, -0.2) is 26.0 Å². The summed E-state index contributed by atoms with van der Waals surface area (Å²) in [6.45, 7) is 3.76. The summed E-state index contributed by atoms with van der Waals surface area (Å²) in [5, 5.41) is 3.12. The van der Waals surface area contributed by atoms with Crippen LogP contribution in [0.2, 0.25) is 0 Å². The van der Waals surface area contributed by atoms with Crippen molar-refractivity contribution < 1.29 is 4.79 Å². The minimum absolute atomic E-state index is 0.245. The smallest absolute Gasteiger partial charge is 0.236 e. The van der Waals surface area contributed by atoms with Gasteiger partial charge < -0.3 is 16.0 Å². The molecule has 0 fully saturated rings. The van der Waals surface area contributed by atoms with Crippen LogP contribution in [0.5, 0.6) is 0 Å². The number of hydrogen-bond donors (Lipinski definition) is 2. The molecule has 94 valence electrons. The number of nitrogens with zero attached hydrogens (tertiary/aromatic N) is 1. The minimum atomic E-state index is -0.315. The van der Waals surface area contributed by atoms with Crippen LogP contribution in [0.1, 0.15) is 12.5 Å². The van der Waals surface area contributed by atoms with E-state index in [-0.39, 0.29) is 12.5 Å². The fourth-order valence-electron chi connectivity index (χ4n) is 1.75. The summed E-state index contributed by atoms with van der Waals surface area (Å²) in [5.41, 5.74) is 7.44. The first-order chi connectivity index (χ1) is 8.08. The average Bonchev–Trinajstić information content (AvgIpc) is 2.27. The van der Waals surface area contributed by atoms with Crippen LogP contribution in [0.4, 0.5) is 5.69 Å². The van der Waals surface area contributed by atoms with Gasteiger partial charge in [0.1, 0.15) is 0 Å². The first-order valence-corrected chi connectivity index (χ1v) is 6.34. The first-order valence-electron chi connectivity index (χ1n) is 5.54. The Morgan fingerprint density at radius 3 is 2.76 bits per heavy atom. The lowest BCUT2D eigenvalue weighted by atomic mass is 10.1. The molecule has 3 N–H and O–H groups in total. The summed E-state index contributed by atoms with van der Waals surface area (Å²) in [6.07, 6.45) is 0. The van der Waals surface area contributed by atoms with Crippen LogP contribution in [0.3, 0.4) is 0 Å². The molecule has 17 heavy (non-hydrogen) atoms. The lowest BCUT2D eigenvalue weighted by Crippen LogP contribution is -2.34. The largest absolute Gasteiger partial charge is 0.368 e. The Balaban J connectivity index is 3.04. The standard InChI is InChI=1S/C12H18BrN3O/c1-3-16(8-12(14)17)11-5-4-10(13)6-9(11)7-15-2/h4-6,15H,3,7-8H2,1-2H3,(H2,14,17). The topological polar surface area (TPSA) is 58.4 Å². The molecule has 0 saturated heterocycles. The molecule has 0 atom stereocenters. The summed E-state index contributed by atoms with van der Waals surface area (Å²) in [7, 11) is 1.90. The van der Waals surface area contributed by atoms with Crippen LogP contribution in [0.15, 0.2) is 22.7 Å². The zero-order valence-electron chi connectivity index (χ0n) is 10.2. The van der Waals surface area contributed by atoms with E-state index in [0.29, 0.717) is 0 Å². The number of primary amides is 1. The van der Waals surface area contributed by atoms with E-state index < -0.39 is 0 Å². The van der Waals surface area contributed by atoms with E-state index in [1.807, 2.05) is 31.0 Å². The SMILES string of the molecule is CCN(CC(N)=O)c1ccc(Br)cc1CNC. The van der Waals surface area contributed by atoms with Gasteiger partial charge in [-0.15, -0.1) is 0 Å². The van der Waals surface area contributed by atoms with E-state index in [1.54, 1.807) is 0 Å². The highest BCUT2D eigenvalue weighted by molar-refractivity contribution is 9.10. The van der Waals surface area contributed by atoms with Crippen molar-refractivity contribution in [1.82, 2.24) is 5.32 Å². The molecule has 0 radical (unpaired) electrons. The molecule has 0 spiro atoms. The van der Waals surface area contributed by atoms with E-state index in [9.17, 15) is 4.79 Å². The van der Waals surface area contributed by atoms with E-state index in [1.165, 1.54) is 0 Å². The predicted molar refractivity (Wildman–Crippen MR) is 74.0 cm³/mol. The van der Waals surface area contributed by atoms with Crippen LogP contribution < -0.4 is 16.0 Å². The maximum absolute atomic E-state index is 11.0. The highest BCUT2D eigenvalue weighted by Crippen LogP contribution is 2.24. The van der Waals surface area contributed by atoms with E-state index in [2.05, 4.69) is 27.3 Å². The van der Waals surface area contributed by atoms with E-state index in [4.69, 9.17) is 5.73 Å². The lowest BCUT2D eigenvalue weighted by molar-refractivity contribution is -0.116. The van der Waals surface area contributed by atoms with Crippen LogP contribution >= 0.6 is 15.9 Å². The lowest BCUT2D eigenvalue weighted by Gasteiger charge is -2.24. The second-order valence-electron chi connectivity index (χ2n) is 3.78. The molecule has 1 amide bonds. The van der Waals surface area contributed by atoms with Crippen molar-refractivity contribution >= 4 is 27.5 Å². The van der Waals surface area contributed by atoms with Crippen molar-refractivity contribution in [3.8, 4) is 0 Å². The number of benzene rings is 1. The number of amides is 1. The zero-order valence-corrected chi connectivity index (χ0v) is 11.8. The van der Waals surface area contributed by atoms with Gasteiger partial charge in [-0.05, 0) is 37.7 Å². The van der Waals surface area contributed by atoms with Crippen molar-refractivity contribution in [2.75, 3.05) is 25.0 Å². The Morgan fingerprint density at radius 2 is 2.24 bits per heavy atom. The number of carbonyl (C=O) groups excluding carboxylic acids is 1. The molecule has 1 rings (SSSR count). The number of rotatable bonds is 6. The van der Waals surface area contributed by atoms with E-state index >= 15 is 0 Å². The molecule has 0 aliphatic rings. The third-order valence-corrected chi connectivity index (χ3v) is 2.97. The number of nitrogens with one attached hydrogen (secondary N) is 1. The van der Waals surface area contributed by atoms with E-state index in [0.717, 1.165) is 28.8 Å². The molecule has 1 aromatic rings. The van der Waals surface area contributed by atoms with Gasteiger partial charge in [-0.3, -0.25) is 4.79 Å². The van der Waals surface area contributed by atoms with Crippen molar-refractivity contribution in [3.05, 3.63) is 28.2 Å². The fourth-order valence-corrected chi connectivity index (χ4v) is 2.16. The van der Waals surface area contributed by atoms with Crippen molar-refractivity contribution in [1.29, 1.82) is 0 Å². The second-order valence-corrected chi connectivity index (χ2v) is 4.70. The van der Waals surface area contributed by atoms with Gasteiger partial charge in [0.05, 0.1) is 6.54 Å². The Hall–Kier alpha value is -1.07. The highest BCUT2D eigenvalue weighted by atomic mass is 79.9. The van der Waals surface area contributed by atoms with Crippen molar-refractivity contribution in [3.63, 3.8) is 0 Å². The monoisotopic (exact) mass is 299 g/mol. The second kappa shape index (κ2) is 6.61. The third-order valence-electron chi connectivity index (χ3n) is 2.48. The normalized spacial score (nSPS) is 10.3. The summed E-state index contributed by atoms with van der Waals surface area (Å²) in [5.74, 6) is -0.315. The zero-order chi connectivity index (χ0) is 12.8. The molecule has 1 aromatic carbocycles. The maximum atomic E-state index is 11.0. The third kappa shape index (κ3) is 4.02. The Bertz CT molecular complexity index is 395. The molecule has 5 heteroatoms. The van der Waals surface area contributed by atoms with Gasteiger partial charge in [0, 0.05) is 23.2 Å². The Labute approximate surface area is 110 Å². The fraction of sp³-hybridized carbons (Fsp3) is 0.417. The Kier molecular flexibility index (Phi) is 5.44. The molecule has 0 saturated carbocycles. The predicted octanol–water partition coefficient (Wildman–Crippen LogP) is 1.48. The summed E-state index contributed by atoms with van der Waals surface area (Å²) in [6, 6.07) is 6.02. The first kappa shape index (κ1) is 14.0. The summed E-state index contributed by atoms with van der Waals surface area (Å²) in [4.78, 5) is 13.0. The molecule has 0 heterocycles. The number of nitrogens with two attached hydrogens (primary N) is 1. The minimum Gasteiger partial charge on any atom is -0.368 e. The molecule has 0 bridgehead atoms. The van der Waals surface area contributed by atoms with Crippen molar-refractivity contribution in [2.45, 2.75) is 13.5 Å². The molecule has 0 unspecified atom stereocenters. The van der Waals surface area contributed by atoms with Gasteiger partial charge in [-0.2, -0.15) is 0 Å².